The van der Waals surface area contributed by atoms with Crippen molar-refractivity contribution in [2.45, 2.75) is 6.92 Å². The molecule has 0 amide bonds. The first-order valence-corrected chi connectivity index (χ1v) is 6.66. The Balaban J connectivity index is 2.89. The number of hydrogen-bond donors (Lipinski definition) is 1. The molecule has 0 aliphatic rings. The molecule has 0 saturated carbocycles. The number of sulfonamides is 1. The van der Waals surface area contributed by atoms with E-state index in [1.807, 2.05) is 0 Å². The van der Waals surface area contributed by atoms with E-state index in [0.29, 0.717) is 6.61 Å². The van der Waals surface area contributed by atoms with Gasteiger partial charge in [-0.1, -0.05) is 0 Å². The van der Waals surface area contributed by atoms with Crippen LogP contribution in [0.1, 0.15) is 6.92 Å². The number of rotatable bonds is 5. The highest BCUT2D eigenvalue weighted by Gasteiger charge is 2.10. The van der Waals surface area contributed by atoms with E-state index in [-0.39, 0.29) is 11.4 Å². The molecule has 0 saturated heterocycles. The maximum atomic E-state index is 13.3. The highest BCUT2D eigenvalue weighted by atomic mass is 35.5. The number of halogens is 2. The molecule has 0 bridgehead atoms. The Morgan fingerprint density at radius 1 is 1.50 bits per heavy atom. The Labute approximate surface area is 98.4 Å². The standard InChI is InChI=1S/C9H11ClFNO3S/c1-2-15-9-4-3-7(5-8(9)11)12-16(13,14)6-10/h3-5,12H,2,6H2,1H3. The number of alkyl halides is 1. The van der Waals surface area contributed by atoms with Crippen LogP contribution in [0.5, 0.6) is 5.75 Å². The van der Waals surface area contributed by atoms with Crippen molar-refractivity contribution in [3.05, 3.63) is 24.0 Å². The second-order valence-electron chi connectivity index (χ2n) is 2.90. The Bertz CT molecular complexity index is 464. The molecule has 4 nitrogen and oxygen atoms in total. The lowest BCUT2D eigenvalue weighted by molar-refractivity contribution is 0.321. The van der Waals surface area contributed by atoms with Crippen LogP contribution in [0.15, 0.2) is 18.2 Å². The molecule has 0 radical (unpaired) electrons. The van der Waals surface area contributed by atoms with Gasteiger partial charge < -0.3 is 4.74 Å². The van der Waals surface area contributed by atoms with E-state index in [1.54, 1.807) is 6.92 Å². The lowest BCUT2D eigenvalue weighted by Crippen LogP contribution is -2.13. The molecule has 0 fully saturated rings. The van der Waals surface area contributed by atoms with E-state index in [0.717, 1.165) is 6.07 Å². The molecule has 0 unspecified atom stereocenters. The smallest absolute Gasteiger partial charge is 0.246 e. The van der Waals surface area contributed by atoms with Gasteiger partial charge in [0, 0.05) is 6.07 Å². The molecule has 0 aromatic heterocycles. The average molecular weight is 268 g/mol. The van der Waals surface area contributed by atoms with Crippen LogP contribution in [0.3, 0.4) is 0 Å². The van der Waals surface area contributed by atoms with Gasteiger partial charge in [-0.3, -0.25) is 4.72 Å². The van der Waals surface area contributed by atoms with Crippen molar-refractivity contribution < 1.29 is 17.5 Å². The normalized spacial score (nSPS) is 11.2. The Morgan fingerprint density at radius 2 is 2.19 bits per heavy atom. The Hall–Kier alpha value is -1.01. The summed E-state index contributed by atoms with van der Waals surface area (Å²) in [6, 6.07) is 3.79. The van der Waals surface area contributed by atoms with Crippen molar-refractivity contribution in [3.63, 3.8) is 0 Å². The predicted molar refractivity (Wildman–Crippen MR) is 60.8 cm³/mol. The minimum absolute atomic E-state index is 0.0799. The highest BCUT2D eigenvalue weighted by molar-refractivity contribution is 7.93. The summed E-state index contributed by atoms with van der Waals surface area (Å²) in [5.74, 6) is -0.548. The maximum absolute atomic E-state index is 13.3. The van der Waals surface area contributed by atoms with Gasteiger partial charge in [-0.2, -0.15) is 0 Å². The van der Waals surface area contributed by atoms with Crippen molar-refractivity contribution in [1.29, 1.82) is 0 Å². The summed E-state index contributed by atoms with van der Waals surface area (Å²) in [7, 11) is -3.61. The fourth-order valence-electron chi connectivity index (χ4n) is 1.04. The summed E-state index contributed by atoms with van der Waals surface area (Å²) < 4.78 is 42.6. The van der Waals surface area contributed by atoms with E-state index in [2.05, 4.69) is 4.72 Å². The van der Waals surface area contributed by atoms with E-state index in [1.165, 1.54) is 12.1 Å². The van der Waals surface area contributed by atoms with E-state index in [9.17, 15) is 12.8 Å². The van der Waals surface area contributed by atoms with Crippen LogP contribution in [-0.4, -0.2) is 20.2 Å². The molecule has 1 N–H and O–H groups in total. The first-order valence-electron chi connectivity index (χ1n) is 4.47. The van der Waals surface area contributed by atoms with Gasteiger partial charge in [0.1, 0.15) is 5.21 Å². The van der Waals surface area contributed by atoms with Crippen LogP contribution in [0, 0.1) is 5.82 Å². The third kappa shape index (κ3) is 3.53. The number of benzene rings is 1. The zero-order chi connectivity index (χ0) is 12.2. The number of anilines is 1. The molecule has 0 atom stereocenters. The monoisotopic (exact) mass is 267 g/mol. The van der Waals surface area contributed by atoms with Gasteiger partial charge in [-0.05, 0) is 19.1 Å². The van der Waals surface area contributed by atoms with Gasteiger partial charge in [0.25, 0.3) is 0 Å². The van der Waals surface area contributed by atoms with Crippen LogP contribution < -0.4 is 9.46 Å². The van der Waals surface area contributed by atoms with Crippen molar-refractivity contribution in [1.82, 2.24) is 0 Å². The van der Waals surface area contributed by atoms with Crippen molar-refractivity contribution >= 4 is 27.3 Å². The van der Waals surface area contributed by atoms with Crippen LogP contribution >= 0.6 is 11.6 Å². The largest absolute Gasteiger partial charge is 0.491 e. The third-order valence-electron chi connectivity index (χ3n) is 1.65. The second kappa shape index (κ2) is 5.36. The molecular formula is C9H11ClFNO3S. The van der Waals surface area contributed by atoms with Gasteiger partial charge in [-0.15, -0.1) is 11.6 Å². The van der Waals surface area contributed by atoms with Crippen LogP contribution in [0.4, 0.5) is 10.1 Å². The van der Waals surface area contributed by atoms with Gasteiger partial charge in [0.2, 0.25) is 10.0 Å². The maximum Gasteiger partial charge on any atom is 0.246 e. The Morgan fingerprint density at radius 3 is 2.69 bits per heavy atom. The summed E-state index contributed by atoms with van der Waals surface area (Å²) in [6.07, 6.45) is 0. The van der Waals surface area contributed by atoms with E-state index >= 15 is 0 Å². The highest BCUT2D eigenvalue weighted by Crippen LogP contribution is 2.21. The minimum atomic E-state index is -3.61. The molecule has 1 rings (SSSR count). The summed E-state index contributed by atoms with van der Waals surface area (Å²) in [5, 5.41) is -0.582. The summed E-state index contributed by atoms with van der Waals surface area (Å²) in [4.78, 5) is 0. The first kappa shape index (κ1) is 13.1. The SMILES string of the molecule is CCOc1ccc(NS(=O)(=O)CCl)cc1F. The van der Waals surface area contributed by atoms with Gasteiger partial charge in [-0.25, -0.2) is 12.8 Å². The van der Waals surface area contributed by atoms with Crippen molar-refractivity contribution in [2.24, 2.45) is 0 Å². The molecular weight excluding hydrogens is 257 g/mol. The zero-order valence-corrected chi connectivity index (χ0v) is 10.1. The lowest BCUT2D eigenvalue weighted by atomic mass is 10.3. The molecule has 1 aromatic rings. The molecule has 1 aromatic carbocycles. The molecule has 0 heterocycles. The van der Waals surface area contributed by atoms with E-state index < -0.39 is 21.1 Å². The molecule has 0 aliphatic heterocycles. The molecule has 0 spiro atoms. The minimum Gasteiger partial charge on any atom is -0.491 e. The second-order valence-corrected chi connectivity index (χ2v) is 5.21. The number of hydrogen-bond acceptors (Lipinski definition) is 3. The molecule has 90 valence electrons. The van der Waals surface area contributed by atoms with Crippen LogP contribution in [0.25, 0.3) is 0 Å². The molecule has 0 aliphatic carbocycles. The predicted octanol–water partition coefficient (Wildman–Crippen LogP) is 2.16. The van der Waals surface area contributed by atoms with Crippen molar-refractivity contribution in [3.8, 4) is 5.75 Å². The van der Waals surface area contributed by atoms with Crippen LogP contribution in [-0.2, 0) is 10.0 Å². The number of nitrogens with one attached hydrogen (secondary N) is 1. The average Bonchev–Trinajstić information content (AvgIpc) is 2.22. The summed E-state index contributed by atoms with van der Waals surface area (Å²) in [5.41, 5.74) is 0.113. The van der Waals surface area contributed by atoms with Gasteiger partial charge in [0.15, 0.2) is 11.6 Å². The summed E-state index contributed by atoms with van der Waals surface area (Å²) >= 11 is 5.19. The van der Waals surface area contributed by atoms with Crippen molar-refractivity contribution in [2.75, 3.05) is 16.5 Å². The molecule has 16 heavy (non-hydrogen) atoms. The quantitative estimate of drug-likeness (QED) is 0.832. The first-order chi connectivity index (χ1) is 7.48. The lowest BCUT2D eigenvalue weighted by Gasteiger charge is -2.08. The Kier molecular flexibility index (Phi) is 4.37. The third-order valence-corrected chi connectivity index (χ3v) is 3.34. The topological polar surface area (TPSA) is 55.4 Å². The zero-order valence-electron chi connectivity index (χ0n) is 8.54. The van der Waals surface area contributed by atoms with Gasteiger partial charge >= 0.3 is 0 Å². The fraction of sp³-hybridized carbons (Fsp3) is 0.333. The fourth-order valence-corrected chi connectivity index (χ4v) is 1.75. The van der Waals surface area contributed by atoms with Crippen LogP contribution in [0.2, 0.25) is 0 Å². The number of ether oxygens (including phenoxy) is 1. The molecule has 7 heteroatoms. The van der Waals surface area contributed by atoms with E-state index in [4.69, 9.17) is 16.3 Å². The van der Waals surface area contributed by atoms with Gasteiger partial charge in [0.05, 0.1) is 12.3 Å². The summed E-state index contributed by atoms with van der Waals surface area (Å²) in [6.45, 7) is 2.06.